The quantitative estimate of drug-likeness (QED) is 0.674. The summed E-state index contributed by atoms with van der Waals surface area (Å²) in [6.45, 7) is 11.5. The highest BCUT2D eigenvalue weighted by Crippen LogP contribution is 2.13. The second-order valence-corrected chi connectivity index (χ2v) is 4.46. The molecule has 1 aliphatic heterocycles. The molecule has 4 heteroatoms. The molecule has 1 heterocycles. The van der Waals surface area contributed by atoms with Crippen LogP contribution in [0, 0.1) is 0 Å². The van der Waals surface area contributed by atoms with Gasteiger partial charge < -0.3 is 9.80 Å². The van der Waals surface area contributed by atoms with Gasteiger partial charge in [-0.25, -0.2) is 0 Å². The van der Waals surface area contributed by atoms with Gasteiger partial charge in [0.1, 0.15) is 0 Å². The van der Waals surface area contributed by atoms with E-state index in [1.807, 2.05) is 4.90 Å². The van der Waals surface area contributed by atoms with Crippen molar-refractivity contribution in [3.63, 3.8) is 0 Å². The van der Waals surface area contributed by atoms with Crippen molar-refractivity contribution < 1.29 is 4.79 Å². The molecule has 0 N–H and O–H groups in total. The van der Waals surface area contributed by atoms with E-state index in [1.165, 1.54) is 0 Å². The van der Waals surface area contributed by atoms with Gasteiger partial charge in [0.2, 0.25) is 0 Å². The second kappa shape index (κ2) is 5.52. The van der Waals surface area contributed by atoms with E-state index in [0.29, 0.717) is 0 Å². The van der Waals surface area contributed by atoms with Gasteiger partial charge in [-0.05, 0) is 26.4 Å². The normalized spacial score (nSPS) is 23.7. The number of hydrogen-bond donors (Lipinski definition) is 0. The minimum atomic E-state index is -0.123. The molecule has 0 bridgehead atoms. The van der Waals surface area contributed by atoms with Crippen LogP contribution in [0.25, 0.3) is 0 Å². The van der Waals surface area contributed by atoms with Crippen molar-refractivity contribution in [3.8, 4) is 0 Å². The molecule has 0 aliphatic carbocycles. The van der Waals surface area contributed by atoms with Crippen molar-refractivity contribution >= 4 is 17.5 Å². The molecule has 0 aromatic carbocycles. The van der Waals surface area contributed by atoms with Crippen LogP contribution >= 0.6 is 11.6 Å². The fourth-order valence-corrected chi connectivity index (χ4v) is 2.10. The summed E-state index contributed by atoms with van der Waals surface area (Å²) in [5, 5.41) is 0.117. The first-order valence-corrected chi connectivity index (χ1v) is 5.81. The van der Waals surface area contributed by atoms with Crippen LogP contribution in [0.3, 0.4) is 0 Å². The van der Waals surface area contributed by atoms with E-state index in [1.54, 1.807) is 0 Å². The summed E-state index contributed by atoms with van der Waals surface area (Å²) in [5.74, 6) is -0.123. The number of carbonyl (C=O) groups is 1. The third kappa shape index (κ3) is 3.21. The predicted octanol–water partition coefficient (Wildman–Crippen LogP) is 1.68. The second-order valence-electron chi connectivity index (χ2n) is 4.00. The van der Waals surface area contributed by atoms with Crippen LogP contribution in [-0.2, 0) is 4.79 Å². The van der Waals surface area contributed by atoms with Gasteiger partial charge in [-0.3, -0.25) is 4.79 Å². The molecule has 1 atom stereocenters. The smallest absolute Gasteiger partial charge is 0.265 e. The molecule has 15 heavy (non-hydrogen) atoms. The van der Waals surface area contributed by atoms with E-state index in [4.69, 9.17) is 11.6 Å². The SMILES string of the molecule is C=C(Cl)C(=O)N1CCCN(CC)CC1C. The lowest BCUT2D eigenvalue weighted by molar-refractivity contribution is -0.128. The lowest BCUT2D eigenvalue weighted by Crippen LogP contribution is -2.42. The van der Waals surface area contributed by atoms with Crippen LogP contribution in [0.2, 0.25) is 0 Å². The first-order chi connectivity index (χ1) is 7.06. The molecule has 1 fully saturated rings. The van der Waals surface area contributed by atoms with E-state index in [9.17, 15) is 4.79 Å². The maximum absolute atomic E-state index is 11.7. The van der Waals surface area contributed by atoms with E-state index in [0.717, 1.165) is 32.6 Å². The van der Waals surface area contributed by atoms with Gasteiger partial charge in [0.25, 0.3) is 5.91 Å². The molecule has 1 amide bonds. The number of rotatable bonds is 2. The minimum Gasteiger partial charge on any atom is -0.334 e. The highest BCUT2D eigenvalue weighted by molar-refractivity contribution is 6.41. The Kier molecular flexibility index (Phi) is 4.61. The van der Waals surface area contributed by atoms with Crippen molar-refractivity contribution in [2.45, 2.75) is 26.3 Å². The molecule has 0 saturated carbocycles. The Morgan fingerprint density at radius 3 is 2.73 bits per heavy atom. The summed E-state index contributed by atoms with van der Waals surface area (Å²) in [6, 6.07) is 0.218. The zero-order chi connectivity index (χ0) is 11.4. The Labute approximate surface area is 96.7 Å². The number of nitrogens with zero attached hydrogens (tertiary/aromatic N) is 2. The van der Waals surface area contributed by atoms with Crippen LogP contribution < -0.4 is 0 Å². The maximum atomic E-state index is 11.7. The van der Waals surface area contributed by atoms with Crippen molar-refractivity contribution in [1.82, 2.24) is 9.80 Å². The van der Waals surface area contributed by atoms with E-state index in [-0.39, 0.29) is 17.0 Å². The Morgan fingerprint density at radius 1 is 1.53 bits per heavy atom. The number of hydrogen-bond acceptors (Lipinski definition) is 2. The van der Waals surface area contributed by atoms with Gasteiger partial charge in [0.15, 0.2) is 0 Å². The van der Waals surface area contributed by atoms with Crippen LogP contribution in [-0.4, -0.2) is 47.9 Å². The molecular formula is C11H19ClN2O. The van der Waals surface area contributed by atoms with Crippen molar-refractivity contribution in [1.29, 1.82) is 0 Å². The monoisotopic (exact) mass is 230 g/mol. The molecule has 0 aromatic heterocycles. The van der Waals surface area contributed by atoms with Gasteiger partial charge in [-0.15, -0.1) is 0 Å². The molecule has 1 rings (SSSR count). The van der Waals surface area contributed by atoms with Gasteiger partial charge in [-0.1, -0.05) is 25.1 Å². The third-order valence-corrected chi connectivity index (χ3v) is 3.03. The standard InChI is InChI=1S/C11H19ClN2O/c1-4-13-6-5-7-14(9(2)8-13)11(15)10(3)12/h9H,3-8H2,1-2H3. The average molecular weight is 231 g/mol. The molecule has 0 radical (unpaired) electrons. The zero-order valence-electron chi connectivity index (χ0n) is 9.50. The summed E-state index contributed by atoms with van der Waals surface area (Å²) in [6.07, 6.45) is 1.01. The van der Waals surface area contributed by atoms with Gasteiger partial charge in [0, 0.05) is 19.1 Å². The van der Waals surface area contributed by atoms with Gasteiger partial charge >= 0.3 is 0 Å². The third-order valence-electron chi connectivity index (χ3n) is 2.87. The largest absolute Gasteiger partial charge is 0.334 e. The van der Waals surface area contributed by atoms with Crippen molar-refractivity contribution in [3.05, 3.63) is 11.6 Å². The van der Waals surface area contributed by atoms with Crippen LogP contribution in [0.1, 0.15) is 20.3 Å². The average Bonchev–Trinajstić information content (AvgIpc) is 2.38. The minimum absolute atomic E-state index is 0.117. The number of carbonyl (C=O) groups excluding carboxylic acids is 1. The van der Waals surface area contributed by atoms with Gasteiger partial charge in [-0.2, -0.15) is 0 Å². The molecule has 0 spiro atoms. The molecule has 1 unspecified atom stereocenters. The zero-order valence-corrected chi connectivity index (χ0v) is 10.3. The Bertz CT molecular complexity index is 255. The molecule has 86 valence electrons. The summed E-state index contributed by atoms with van der Waals surface area (Å²) in [7, 11) is 0. The summed E-state index contributed by atoms with van der Waals surface area (Å²) in [5.41, 5.74) is 0. The van der Waals surface area contributed by atoms with Gasteiger partial charge in [0.05, 0.1) is 5.03 Å². The first kappa shape index (κ1) is 12.5. The Balaban J connectivity index is 2.66. The summed E-state index contributed by atoms with van der Waals surface area (Å²) < 4.78 is 0. The van der Waals surface area contributed by atoms with E-state index >= 15 is 0 Å². The van der Waals surface area contributed by atoms with Crippen LogP contribution in [0.5, 0.6) is 0 Å². The van der Waals surface area contributed by atoms with Crippen molar-refractivity contribution in [2.75, 3.05) is 26.2 Å². The molecule has 0 aromatic rings. The molecule has 1 saturated heterocycles. The highest BCUT2D eigenvalue weighted by Gasteiger charge is 2.25. The lowest BCUT2D eigenvalue weighted by Gasteiger charge is -2.28. The van der Waals surface area contributed by atoms with Crippen LogP contribution in [0.15, 0.2) is 11.6 Å². The maximum Gasteiger partial charge on any atom is 0.265 e. The summed E-state index contributed by atoms with van der Waals surface area (Å²) in [4.78, 5) is 15.9. The predicted molar refractivity (Wildman–Crippen MR) is 62.9 cm³/mol. The van der Waals surface area contributed by atoms with Crippen LogP contribution in [0.4, 0.5) is 0 Å². The molecule has 3 nitrogen and oxygen atoms in total. The Hall–Kier alpha value is -0.540. The summed E-state index contributed by atoms with van der Waals surface area (Å²) >= 11 is 5.65. The number of halogens is 1. The lowest BCUT2D eigenvalue weighted by atomic mass is 10.2. The fourth-order valence-electron chi connectivity index (χ4n) is 1.99. The Morgan fingerprint density at radius 2 is 2.20 bits per heavy atom. The topological polar surface area (TPSA) is 23.6 Å². The molecule has 1 aliphatic rings. The number of amides is 1. The van der Waals surface area contributed by atoms with Crippen molar-refractivity contribution in [2.24, 2.45) is 0 Å². The fraction of sp³-hybridized carbons (Fsp3) is 0.727. The highest BCUT2D eigenvalue weighted by atomic mass is 35.5. The van der Waals surface area contributed by atoms with E-state index in [2.05, 4.69) is 25.3 Å². The number of likely N-dealkylation sites (N-methyl/N-ethyl adjacent to an activating group) is 1. The molecular weight excluding hydrogens is 212 g/mol. The first-order valence-electron chi connectivity index (χ1n) is 5.44. The van der Waals surface area contributed by atoms with E-state index < -0.39 is 0 Å².